The van der Waals surface area contributed by atoms with Crippen LogP contribution in [0.3, 0.4) is 0 Å². The first kappa shape index (κ1) is 100. The Morgan fingerprint density at radius 3 is 0.547 bits per heavy atom. The molecule has 0 aliphatic carbocycles. The van der Waals surface area contributed by atoms with E-state index in [-0.39, 0.29) is 6.92 Å². The molecule has 0 bridgehead atoms. The second kappa shape index (κ2) is 30.1. The van der Waals surface area contributed by atoms with Gasteiger partial charge in [0, 0.05) is 0 Å². The van der Waals surface area contributed by atoms with Crippen LogP contribution in [-0.4, -0.2) is 193 Å². The Bertz CT molecular complexity index is 2990. The second-order valence-electron chi connectivity index (χ2n) is 21.8. The molecule has 0 aromatic carbocycles. The fraction of sp³-hybridized carbons (Fsp3) is 0.913. The van der Waals surface area contributed by atoms with Gasteiger partial charge in [0.15, 0.2) is 0 Å². The van der Waals surface area contributed by atoms with E-state index in [9.17, 15) is 247 Å². The van der Waals surface area contributed by atoms with Gasteiger partial charge < -0.3 is 18.9 Å². The molecule has 0 aromatic rings. The lowest BCUT2D eigenvalue weighted by atomic mass is 9.82. The minimum Gasteiger partial charge on any atom is -0.465 e. The molecular formula is C46H34F52O8. The van der Waals surface area contributed by atoms with Crippen molar-refractivity contribution < 1.29 is 266 Å². The summed E-state index contributed by atoms with van der Waals surface area (Å²) in [6.07, 6.45) is -55.5. The Morgan fingerprint density at radius 1 is 0.217 bits per heavy atom. The van der Waals surface area contributed by atoms with Crippen LogP contribution in [0.4, 0.5) is 228 Å². The molecule has 0 N–H and O–H groups in total. The Balaban J connectivity index is 8.33. The lowest BCUT2D eigenvalue weighted by molar-refractivity contribution is -0.440. The Kier molecular flexibility index (Phi) is 28.5. The Hall–Kier alpha value is -5.76. The van der Waals surface area contributed by atoms with Crippen LogP contribution in [0, 0.1) is 23.7 Å². The van der Waals surface area contributed by atoms with Crippen LogP contribution in [0.1, 0.15) is 65.2 Å². The number of carbonyl (C=O) groups excluding carboxylic acids is 4. The fourth-order valence-electron chi connectivity index (χ4n) is 7.67. The van der Waals surface area contributed by atoms with Crippen LogP contribution in [0.2, 0.25) is 0 Å². The van der Waals surface area contributed by atoms with Gasteiger partial charge in [0.25, 0.3) is 0 Å². The van der Waals surface area contributed by atoms with Gasteiger partial charge in [0.1, 0.15) is 0 Å². The largest absolute Gasteiger partial charge is 0.465 e. The molecule has 0 radical (unpaired) electrons. The van der Waals surface area contributed by atoms with Crippen molar-refractivity contribution >= 4 is 23.9 Å². The van der Waals surface area contributed by atoms with Gasteiger partial charge in [0.2, 0.25) is 0 Å². The predicted molar refractivity (Wildman–Crippen MR) is 229 cm³/mol. The lowest BCUT2D eigenvalue weighted by Gasteiger charge is -2.39. The number of hydrogen-bond acceptors (Lipinski definition) is 8. The third kappa shape index (κ3) is 17.2. The molecule has 0 saturated heterocycles. The average molecular weight is 1700 g/mol. The molecule has 630 valence electrons. The SMILES string of the molecule is CCC(CC(CC(CC(C)C(=O)OCCC(F)(F)C(F)(F)C(F)(F)C(F)(F)C(F)(F)C(F)(F)F)C(=O)OCCC(F)(F)C(F)(F)C(F)(F)C(F)(F)C(F)(F)C(F)(F)F)C(=O)OCCC(F)(F)C(F)(F)C(F)(F)C(F)(F)C(F)(F)C(F)(F)F)C(=O)OCCC(F)(F)C(F)(F)C(F)(F)C(F)(F)C(F)(F)C(F)(F)F. The molecule has 0 aliphatic rings. The molecular weight excluding hydrogens is 1670 g/mol. The topological polar surface area (TPSA) is 105 Å². The third-order valence-electron chi connectivity index (χ3n) is 14.3. The van der Waals surface area contributed by atoms with E-state index in [0.29, 0.717) is 6.92 Å². The molecule has 0 rings (SSSR count). The van der Waals surface area contributed by atoms with E-state index in [4.69, 9.17) is 0 Å². The lowest BCUT2D eigenvalue weighted by Crippen LogP contribution is -2.70. The number of esters is 4. The first-order valence-corrected chi connectivity index (χ1v) is 26.3. The predicted octanol–water partition coefficient (Wildman–Crippen LogP) is 19.7. The van der Waals surface area contributed by atoms with Crippen LogP contribution in [0.25, 0.3) is 0 Å². The summed E-state index contributed by atoms with van der Waals surface area (Å²) in [4.78, 5) is 52.7. The summed E-state index contributed by atoms with van der Waals surface area (Å²) in [6.45, 7) is -11.8. The fourth-order valence-corrected chi connectivity index (χ4v) is 7.67. The normalized spacial score (nSPS) is 16.8. The molecule has 0 aromatic heterocycles. The molecule has 0 heterocycles. The highest BCUT2D eigenvalue weighted by atomic mass is 19.5. The van der Waals surface area contributed by atoms with Gasteiger partial charge in [-0.3, -0.25) is 19.2 Å². The Labute approximate surface area is 549 Å². The summed E-state index contributed by atoms with van der Waals surface area (Å²) in [7, 11) is 0. The molecule has 8 nitrogen and oxygen atoms in total. The molecule has 4 atom stereocenters. The number of alkyl halides is 52. The molecule has 106 heavy (non-hydrogen) atoms. The molecule has 0 saturated carbocycles. The van der Waals surface area contributed by atoms with Crippen molar-refractivity contribution in [3.8, 4) is 0 Å². The minimum absolute atomic E-state index is 0.0825. The van der Waals surface area contributed by atoms with Crippen molar-refractivity contribution in [3.05, 3.63) is 0 Å². The van der Waals surface area contributed by atoms with Gasteiger partial charge >= 0.3 is 167 Å². The summed E-state index contributed by atoms with van der Waals surface area (Å²) < 4.78 is 727. The van der Waals surface area contributed by atoms with E-state index >= 15 is 0 Å². The van der Waals surface area contributed by atoms with E-state index in [2.05, 4.69) is 18.9 Å². The molecule has 0 aliphatic heterocycles. The van der Waals surface area contributed by atoms with Gasteiger partial charge in [-0.1, -0.05) is 13.8 Å². The van der Waals surface area contributed by atoms with Gasteiger partial charge in [-0.25, -0.2) is 0 Å². The van der Waals surface area contributed by atoms with Crippen molar-refractivity contribution in [2.24, 2.45) is 23.7 Å². The van der Waals surface area contributed by atoms with Gasteiger partial charge in [-0.15, -0.1) is 0 Å². The van der Waals surface area contributed by atoms with E-state index in [1.54, 1.807) is 0 Å². The maximum atomic E-state index is 14.7. The molecule has 0 amide bonds. The van der Waals surface area contributed by atoms with Crippen LogP contribution in [0.5, 0.6) is 0 Å². The number of ether oxygens (including phenoxy) is 4. The third-order valence-corrected chi connectivity index (χ3v) is 14.3. The summed E-state index contributed by atoms with van der Waals surface area (Å²) in [5, 5.41) is 0. The number of hydrogen-bond donors (Lipinski definition) is 0. The van der Waals surface area contributed by atoms with Crippen molar-refractivity contribution in [2.45, 2.75) is 208 Å². The van der Waals surface area contributed by atoms with Crippen molar-refractivity contribution in [2.75, 3.05) is 26.4 Å². The van der Waals surface area contributed by atoms with Crippen molar-refractivity contribution in [1.82, 2.24) is 0 Å². The zero-order valence-corrected chi connectivity index (χ0v) is 49.7. The van der Waals surface area contributed by atoms with E-state index in [1.807, 2.05) is 0 Å². The highest BCUT2D eigenvalue weighted by Crippen LogP contribution is 2.66. The Morgan fingerprint density at radius 2 is 0.368 bits per heavy atom. The number of carbonyl (C=O) groups is 4. The van der Waals surface area contributed by atoms with E-state index < -0.39 is 268 Å². The van der Waals surface area contributed by atoms with Crippen molar-refractivity contribution in [3.63, 3.8) is 0 Å². The summed E-state index contributed by atoms with van der Waals surface area (Å²) in [5.74, 6) is -190. The minimum atomic E-state index is -8.73. The van der Waals surface area contributed by atoms with E-state index in [0.717, 1.165) is 0 Å². The maximum Gasteiger partial charge on any atom is 0.460 e. The molecule has 60 heteroatoms. The zero-order chi connectivity index (χ0) is 85.9. The van der Waals surface area contributed by atoms with Crippen molar-refractivity contribution in [1.29, 1.82) is 0 Å². The maximum absolute atomic E-state index is 14.7. The molecule has 0 spiro atoms. The molecule has 4 unspecified atom stereocenters. The van der Waals surface area contributed by atoms with Gasteiger partial charge in [0.05, 0.1) is 75.8 Å². The van der Waals surface area contributed by atoms with E-state index in [1.165, 1.54) is 0 Å². The van der Waals surface area contributed by atoms with Crippen LogP contribution in [0.15, 0.2) is 0 Å². The first-order chi connectivity index (χ1) is 45.8. The summed E-state index contributed by atoms with van der Waals surface area (Å²) in [5.41, 5.74) is 0. The van der Waals surface area contributed by atoms with Crippen LogP contribution < -0.4 is 0 Å². The summed E-state index contributed by atoms with van der Waals surface area (Å²) >= 11 is 0. The number of halogens is 52. The highest BCUT2D eigenvalue weighted by Gasteiger charge is 2.95. The zero-order valence-electron chi connectivity index (χ0n) is 49.7. The summed E-state index contributed by atoms with van der Waals surface area (Å²) in [6, 6.07) is 0. The second-order valence-corrected chi connectivity index (χ2v) is 21.8. The highest BCUT2D eigenvalue weighted by molar-refractivity contribution is 5.79. The monoisotopic (exact) mass is 1700 g/mol. The number of rotatable bonds is 39. The quantitative estimate of drug-likeness (QED) is 0.0340. The van der Waals surface area contributed by atoms with Crippen LogP contribution in [-0.2, 0) is 38.1 Å². The van der Waals surface area contributed by atoms with Crippen LogP contribution >= 0.6 is 0 Å². The van der Waals surface area contributed by atoms with Gasteiger partial charge in [-0.2, -0.15) is 228 Å². The first-order valence-electron chi connectivity index (χ1n) is 26.3. The van der Waals surface area contributed by atoms with Gasteiger partial charge in [-0.05, 0) is 25.7 Å². The standard InChI is InChI=1S/C46H34F52O8/c1-3-16(20(100)104-9-5-24(49,50)28(57,58)32(65,66)36(73,74)40(81,82)44(90,91)92)13-18(22(102)106-11-7-26(53,54)30(61,62)34(69,70)38(77,78)42(85,86)46(96,97)98)14-17(21(101)105-10-6-25(51,52)29(59,60)33(67,68)37(75,76)41(83,84)45(93,94)95)12-15(2)19(99)103-8-4-23(47,48)27(55,56)31(63,64)35(71,72)39(79,80)43(87,88)89/h15-18H,3-14H2,1-2H3. The smallest absolute Gasteiger partial charge is 0.460 e. The average Bonchev–Trinajstić information content (AvgIpc) is 0.731. The molecule has 0 fully saturated rings.